The SMILES string of the molecule is C=C(/C(=C(\C)Cl)c1ccccc1)c1ccccc1. The second-order valence-electron chi connectivity index (χ2n) is 4.12. The third kappa shape index (κ3) is 2.72. The summed E-state index contributed by atoms with van der Waals surface area (Å²) in [5, 5.41) is 0.759. The van der Waals surface area contributed by atoms with Crippen LogP contribution in [0.3, 0.4) is 0 Å². The van der Waals surface area contributed by atoms with Gasteiger partial charge in [0.25, 0.3) is 0 Å². The maximum absolute atomic E-state index is 6.24. The van der Waals surface area contributed by atoms with Gasteiger partial charge in [-0.15, -0.1) is 0 Å². The normalized spacial score (nSPS) is 11.9. The minimum Gasteiger partial charge on any atom is -0.0905 e. The molecular formula is C17H15Cl. The van der Waals surface area contributed by atoms with Crippen LogP contribution < -0.4 is 0 Å². The molecule has 18 heavy (non-hydrogen) atoms. The number of rotatable bonds is 3. The minimum absolute atomic E-state index is 0.759. The van der Waals surface area contributed by atoms with E-state index in [0.717, 1.165) is 27.3 Å². The van der Waals surface area contributed by atoms with Crippen molar-refractivity contribution < 1.29 is 0 Å². The number of hydrogen-bond donors (Lipinski definition) is 0. The summed E-state index contributed by atoms with van der Waals surface area (Å²) in [7, 11) is 0. The molecule has 2 aromatic rings. The number of benzene rings is 2. The monoisotopic (exact) mass is 254 g/mol. The van der Waals surface area contributed by atoms with Gasteiger partial charge in [0.1, 0.15) is 0 Å². The molecule has 0 aliphatic heterocycles. The van der Waals surface area contributed by atoms with Crippen molar-refractivity contribution in [1.29, 1.82) is 0 Å². The van der Waals surface area contributed by atoms with Gasteiger partial charge in [0, 0.05) is 10.6 Å². The van der Waals surface area contributed by atoms with Crippen molar-refractivity contribution in [2.75, 3.05) is 0 Å². The number of allylic oxidation sites excluding steroid dienone is 3. The highest BCUT2D eigenvalue weighted by molar-refractivity contribution is 6.35. The summed E-state index contributed by atoms with van der Waals surface area (Å²) in [4.78, 5) is 0. The predicted octanol–water partition coefficient (Wildman–Crippen LogP) is 5.37. The Hall–Kier alpha value is -1.79. The number of halogens is 1. The van der Waals surface area contributed by atoms with Crippen LogP contribution in [0.15, 0.2) is 72.3 Å². The molecule has 0 bridgehead atoms. The largest absolute Gasteiger partial charge is 0.0905 e. The summed E-state index contributed by atoms with van der Waals surface area (Å²) >= 11 is 6.24. The van der Waals surface area contributed by atoms with E-state index in [0.29, 0.717) is 0 Å². The average Bonchev–Trinajstić information content (AvgIpc) is 2.40. The van der Waals surface area contributed by atoms with Crippen LogP contribution in [-0.2, 0) is 0 Å². The van der Waals surface area contributed by atoms with E-state index in [1.54, 1.807) is 0 Å². The lowest BCUT2D eigenvalue weighted by molar-refractivity contribution is 1.55. The smallest absolute Gasteiger partial charge is 0.0234 e. The molecular weight excluding hydrogens is 240 g/mol. The summed E-state index contributed by atoms with van der Waals surface area (Å²) in [6, 6.07) is 20.2. The molecule has 2 rings (SSSR count). The average molecular weight is 255 g/mol. The molecule has 0 N–H and O–H groups in total. The first kappa shape index (κ1) is 12.7. The third-order valence-electron chi connectivity index (χ3n) is 2.83. The van der Waals surface area contributed by atoms with Crippen LogP contribution in [0.5, 0.6) is 0 Å². The molecule has 0 heterocycles. The molecule has 0 fully saturated rings. The van der Waals surface area contributed by atoms with E-state index < -0.39 is 0 Å². The Labute approximate surface area is 113 Å². The summed E-state index contributed by atoms with van der Waals surface area (Å²) in [6.07, 6.45) is 0. The van der Waals surface area contributed by atoms with Gasteiger partial charge in [-0.3, -0.25) is 0 Å². The topological polar surface area (TPSA) is 0 Å². The third-order valence-corrected chi connectivity index (χ3v) is 3.02. The van der Waals surface area contributed by atoms with Crippen LogP contribution in [-0.4, -0.2) is 0 Å². The first-order valence-electron chi connectivity index (χ1n) is 5.86. The Morgan fingerprint density at radius 1 is 0.833 bits per heavy atom. The van der Waals surface area contributed by atoms with E-state index in [2.05, 4.69) is 18.7 Å². The lowest BCUT2D eigenvalue weighted by Crippen LogP contribution is -1.90. The van der Waals surface area contributed by atoms with Crippen molar-refractivity contribution in [2.45, 2.75) is 6.92 Å². The fraction of sp³-hybridized carbons (Fsp3) is 0.0588. The maximum atomic E-state index is 6.24. The van der Waals surface area contributed by atoms with Crippen molar-refractivity contribution in [3.05, 3.63) is 83.4 Å². The van der Waals surface area contributed by atoms with Crippen molar-refractivity contribution in [3.63, 3.8) is 0 Å². The molecule has 0 spiro atoms. The van der Waals surface area contributed by atoms with Gasteiger partial charge in [-0.25, -0.2) is 0 Å². The molecule has 0 aliphatic carbocycles. The van der Waals surface area contributed by atoms with Gasteiger partial charge < -0.3 is 0 Å². The van der Waals surface area contributed by atoms with Gasteiger partial charge in [0.15, 0.2) is 0 Å². The Morgan fingerprint density at radius 3 is 1.72 bits per heavy atom. The van der Waals surface area contributed by atoms with Crippen molar-refractivity contribution in [3.8, 4) is 0 Å². The Morgan fingerprint density at radius 2 is 1.28 bits per heavy atom. The summed E-state index contributed by atoms with van der Waals surface area (Å²) < 4.78 is 0. The van der Waals surface area contributed by atoms with Crippen LogP contribution in [0.4, 0.5) is 0 Å². The summed E-state index contributed by atoms with van der Waals surface area (Å²) in [6.45, 7) is 6.08. The maximum Gasteiger partial charge on any atom is 0.0234 e. The van der Waals surface area contributed by atoms with Crippen molar-refractivity contribution in [1.82, 2.24) is 0 Å². The second kappa shape index (κ2) is 5.70. The molecule has 1 heteroatoms. The Balaban J connectivity index is 2.47. The Bertz CT molecular complexity index is 561. The van der Waals surface area contributed by atoms with Gasteiger partial charge in [0.2, 0.25) is 0 Å². The Kier molecular flexibility index (Phi) is 4.01. The fourth-order valence-corrected chi connectivity index (χ4v) is 2.19. The van der Waals surface area contributed by atoms with Gasteiger partial charge in [-0.1, -0.05) is 78.8 Å². The fourth-order valence-electron chi connectivity index (χ4n) is 1.97. The molecule has 2 aromatic carbocycles. The lowest BCUT2D eigenvalue weighted by Gasteiger charge is -2.13. The van der Waals surface area contributed by atoms with Gasteiger partial charge in [-0.05, 0) is 23.6 Å². The molecule has 0 atom stereocenters. The highest BCUT2D eigenvalue weighted by Crippen LogP contribution is 2.33. The zero-order valence-corrected chi connectivity index (χ0v) is 11.1. The first-order valence-corrected chi connectivity index (χ1v) is 6.24. The van der Waals surface area contributed by atoms with E-state index >= 15 is 0 Å². The minimum atomic E-state index is 0.759. The quantitative estimate of drug-likeness (QED) is 0.646. The highest BCUT2D eigenvalue weighted by atomic mass is 35.5. The zero-order chi connectivity index (χ0) is 13.0. The molecule has 0 unspecified atom stereocenters. The molecule has 0 amide bonds. The van der Waals surface area contributed by atoms with Crippen LogP contribution in [0.25, 0.3) is 11.1 Å². The van der Waals surface area contributed by atoms with Crippen LogP contribution in [0, 0.1) is 0 Å². The summed E-state index contributed by atoms with van der Waals surface area (Å²) in [5.74, 6) is 0. The van der Waals surface area contributed by atoms with Gasteiger partial charge in [0.05, 0.1) is 0 Å². The van der Waals surface area contributed by atoms with Gasteiger partial charge in [-0.2, -0.15) is 0 Å². The standard InChI is InChI=1S/C17H15Cl/c1-13(15-9-5-3-6-10-15)17(14(2)18)16-11-7-4-8-12-16/h3-12H,1H2,2H3/b17-14-. The van der Waals surface area contributed by atoms with E-state index in [4.69, 9.17) is 11.6 Å². The zero-order valence-electron chi connectivity index (χ0n) is 10.4. The molecule has 0 radical (unpaired) electrons. The van der Waals surface area contributed by atoms with E-state index in [1.165, 1.54) is 0 Å². The van der Waals surface area contributed by atoms with Crippen LogP contribution in [0.1, 0.15) is 18.1 Å². The van der Waals surface area contributed by atoms with Crippen molar-refractivity contribution >= 4 is 22.7 Å². The predicted molar refractivity (Wildman–Crippen MR) is 80.4 cm³/mol. The molecule has 0 aliphatic rings. The number of hydrogen-bond acceptors (Lipinski definition) is 0. The molecule has 0 nitrogen and oxygen atoms in total. The van der Waals surface area contributed by atoms with Crippen molar-refractivity contribution in [2.24, 2.45) is 0 Å². The van der Waals surface area contributed by atoms with E-state index in [9.17, 15) is 0 Å². The van der Waals surface area contributed by atoms with Gasteiger partial charge >= 0.3 is 0 Å². The second-order valence-corrected chi connectivity index (χ2v) is 4.69. The highest BCUT2D eigenvalue weighted by Gasteiger charge is 2.10. The lowest BCUT2D eigenvalue weighted by atomic mass is 9.93. The molecule has 90 valence electrons. The van der Waals surface area contributed by atoms with E-state index in [-0.39, 0.29) is 0 Å². The molecule has 0 saturated carbocycles. The molecule has 0 saturated heterocycles. The van der Waals surface area contributed by atoms with Crippen LogP contribution >= 0.6 is 11.6 Å². The van der Waals surface area contributed by atoms with E-state index in [1.807, 2.05) is 55.5 Å². The summed E-state index contributed by atoms with van der Waals surface area (Å²) in [5.41, 5.74) is 4.15. The first-order chi connectivity index (χ1) is 8.70. The van der Waals surface area contributed by atoms with Crippen LogP contribution in [0.2, 0.25) is 0 Å². The molecule has 0 aromatic heterocycles.